The molecule has 0 bridgehead atoms. The van der Waals surface area contributed by atoms with Crippen LogP contribution in [0.5, 0.6) is 0 Å². The quantitative estimate of drug-likeness (QED) is 0.405. The smallest absolute Gasteiger partial charge is 0.363 e. The maximum Gasteiger partial charge on any atom is 0.363 e. The fourth-order valence-electron chi connectivity index (χ4n) is 0.121. The van der Waals surface area contributed by atoms with Crippen LogP contribution in [0.1, 0.15) is 0 Å². The minimum atomic E-state index is -4.05. The van der Waals surface area contributed by atoms with Gasteiger partial charge < -0.3 is 14.5 Å². The largest absolute Gasteiger partial charge is 0.434 e. The second-order valence-electron chi connectivity index (χ2n) is 1.06. The van der Waals surface area contributed by atoms with Gasteiger partial charge in [0.15, 0.2) is 0 Å². The molecule has 2 N–H and O–H groups in total. The lowest BCUT2D eigenvalue weighted by Gasteiger charge is -1.97. The third-order valence-electron chi connectivity index (χ3n) is 0.316. The van der Waals surface area contributed by atoms with Gasteiger partial charge in [-0.05, 0) is 0 Å². The van der Waals surface area contributed by atoms with Crippen LogP contribution in [0.4, 0.5) is 0 Å². The summed E-state index contributed by atoms with van der Waals surface area (Å²) in [5, 5.41) is 0. The molecular weight excluding hydrogens is 131 g/mol. The van der Waals surface area contributed by atoms with E-state index in [4.69, 9.17) is 9.79 Å². The molecule has 5 heteroatoms. The Labute approximate surface area is 46.6 Å². The van der Waals surface area contributed by atoms with E-state index in [1.807, 2.05) is 0 Å². The minimum absolute atomic E-state index is 0.705. The van der Waals surface area contributed by atoms with Crippen LogP contribution in [-0.2, 0) is 9.30 Å². The predicted molar refractivity (Wildman–Crippen MR) is 26.8 cm³/mol. The molecule has 0 aromatic carbocycles. The summed E-state index contributed by atoms with van der Waals surface area (Å²) >= 11 is 0. The molecule has 46 valence electrons. The van der Waals surface area contributed by atoms with Gasteiger partial charge in [0.05, 0.1) is 0 Å². The average Bonchev–Trinajstić information content (AvgIpc) is 1.59. The third kappa shape index (κ3) is 5.51. The van der Waals surface area contributed by atoms with E-state index in [9.17, 15) is 4.57 Å². The van der Waals surface area contributed by atoms with Crippen LogP contribution < -0.4 is 0 Å². The first-order valence-electron chi connectivity index (χ1n) is 1.68. The Hall–Kier alpha value is -0.490. The second kappa shape index (κ2) is 2.73. The van der Waals surface area contributed by atoms with Crippen LogP contribution in [0.15, 0.2) is 0 Å². The second-order valence-corrected chi connectivity index (χ2v) is 2.64. The van der Waals surface area contributed by atoms with E-state index < -0.39 is 13.9 Å². The molecule has 0 rings (SSSR count). The number of ether oxygens (including phenoxy) is 1. The van der Waals surface area contributed by atoms with Gasteiger partial charge in [0.25, 0.3) is 0 Å². The molecule has 0 saturated carbocycles. The summed E-state index contributed by atoms with van der Waals surface area (Å²) < 4.78 is 13.8. The number of hydrogen-bond donors (Lipinski definition) is 2. The summed E-state index contributed by atoms with van der Waals surface area (Å²) in [6.07, 6.45) is 5.45. The first kappa shape index (κ1) is 7.51. The fraction of sp³-hybridized carbons (Fsp3) is 0.333. The van der Waals surface area contributed by atoms with E-state index in [0.29, 0.717) is 0 Å². The zero-order valence-corrected chi connectivity index (χ0v) is 4.84. The van der Waals surface area contributed by atoms with Crippen LogP contribution >= 0.6 is 7.60 Å². The summed E-state index contributed by atoms with van der Waals surface area (Å²) in [6.45, 7) is 0. The van der Waals surface area contributed by atoms with Crippen LogP contribution in [0.3, 0.4) is 0 Å². The summed E-state index contributed by atoms with van der Waals surface area (Å²) in [6, 6.07) is 0. The molecule has 0 atom stereocenters. The van der Waals surface area contributed by atoms with Crippen molar-refractivity contribution in [2.75, 3.05) is 6.35 Å². The highest BCUT2D eigenvalue weighted by atomic mass is 31.2. The maximum absolute atomic E-state index is 9.86. The molecule has 0 unspecified atom stereocenters. The number of hydrogen-bond acceptors (Lipinski definition) is 2. The normalized spacial score (nSPS) is 10.1. The zero-order valence-electron chi connectivity index (χ0n) is 3.94. The molecule has 0 spiro atoms. The molecule has 4 nitrogen and oxygen atoms in total. The van der Waals surface area contributed by atoms with Crippen molar-refractivity contribution in [1.82, 2.24) is 0 Å². The first-order valence-corrected chi connectivity index (χ1v) is 3.48. The van der Waals surface area contributed by atoms with Crippen molar-refractivity contribution >= 4 is 7.60 Å². The number of terminal acetylenes is 1. The van der Waals surface area contributed by atoms with Gasteiger partial charge in [-0.3, -0.25) is 4.57 Å². The van der Waals surface area contributed by atoms with E-state index in [2.05, 4.69) is 11.2 Å². The Morgan fingerprint density at radius 1 is 1.75 bits per heavy atom. The highest BCUT2D eigenvalue weighted by molar-refractivity contribution is 7.51. The number of rotatable bonds is 2. The van der Waals surface area contributed by atoms with Crippen molar-refractivity contribution in [1.29, 1.82) is 0 Å². The van der Waals surface area contributed by atoms with Gasteiger partial charge in [0.2, 0.25) is 6.35 Å². The topological polar surface area (TPSA) is 66.8 Å². The standard InChI is InChI=1S/C3H5O4P/c1-2-7-3-8(4,5)6/h1H,3H2,(H2,4,5,6). The van der Waals surface area contributed by atoms with Crippen LogP contribution in [0, 0.1) is 12.5 Å². The van der Waals surface area contributed by atoms with E-state index in [0.717, 1.165) is 0 Å². The Balaban J connectivity index is 3.45. The third-order valence-corrected chi connectivity index (χ3v) is 0.782. The van der Waals surface area contributed by atoms with Crippen LogP contribution in [-0.4, -0.2) is 16.1 Å². The van der Waals surface area contributed by atoms with Crippen molar-refractivity contribution < 1.29 is 19.1 Å². The summed E-state index contributed by atoms with van der Waals surface area (Å²) in [5.41, 5.74) is 0. The molecule has 8 heavy (non-hydrogen) atoms. The zero-order chi connectivity index (χ0) is 6.62. The lowest BCUT2D eigenvalue weighted by molar-refractivity contribution is 0.278. The van der Waals surface area contributed by atoms with Gasteiger partial charge >= 0.3 is 7.60 Å². The van der Waals surface area contributed by atoms with E-state index in [1.54, 1.807) is 6.11 Å². The average molecular weight is 136 g/mol. The lowest BCUT2D eigenvalue weighted by atomic mass is 11.3. The molecule has 0 aliphatic rings. The summed E-state index contributed by atoms with van der Waals surface area (Å²) in [4.78, 5) is 16.1. The van der Waals surface area contributed by atoms with Crippen molar-refractivity contribution in [3.05, 3.63) is 0 Å². The molecule has 0 aliphatic heterocycles. The highest BCUT2D eigenvalue weighted by Crippen LogP contribution is 2.33. The molecule has 0 aromatic rings. The van der Waals surface area contributed by atoms with Gasteiger partial charge in [-0.1, -0.05) is 6.42 Å². The Kier molecular flexibility index (Phi) is 2.56. The van der Waals surface area contributed by atoms with Crippen molar-refractivity contribution in [3.63, 3.8) is 0 Å². The Bertz CT molecular complexity index is 140. The molecule has 0 saturated heterocycles. The molecule has 0 fully saturated rings. The molecule has 0 radical (unpaired) electrons. The van der Waals surface area contributed by atoms with Crippen molar-refractivity contribution in [2.24, 2.45) is 0 Å². The molecule has 0 heterocycles. The summed E-state index contributed by atoms with van der Waals surface area (Å²) in [5.74, 6) is 0. The predicted octanol–water partition coefficient (Wildman–Crippen LogP) is -0.271. The van der Waals surface area contributed by atoms with Crippen LogP contribution in [0.25, 0.3) is 0 Å². The maximum atomic E-state index is 9.86. The SMILES string of the molecule is C#COCP(=O)(O)O. The molecule has 0 amide bonds. The van der Waals surface area contributed by atoms with E-state index in [1.165, 1.54) is 0 Å². The Morgan fingerprint density at radius 3 is 2.38 bits per heavy atom. The minimum Gasteiger partial charge on any atom is -0.434 e. The van der Waals surface area contributed by atoms with Crippen molar-refractivity contribution in [2.45, 2.75) is 0 Å². The van der Waals surface area contributed by atoms with E-state index in [-0.39, 0.29) is 0 Å². The van der Waals surface area contributed by atoms with Gasteiger partial charge in [-0.2, -0.15) is 0 Å². The summed E-state index contributed by atoms with van der Waals surface area (Å²) in [7, 11) is -4.05. The molecule has 0 aromatic heterocycles. The molecule has 0 aliphatic carbocycles. The monoisotopic (exact) mass is 136 g/mol. The first-order chi connectivity index (χ1) is 3.56. The lowest BCUT2D eigenvalue weighted by Crippen LogP contribution is -1.87. The Morgan fingerprint density at radius 2 is 2.25 bits per heavy atom. The van der Waals surface area contributed by atoms with Crippen molar-refractivity contribution in [3.8, 4) is 12.5 Å². The van der Waals surface area contributed by atoms with Gasteiger partial charge in [0.1, 0.15) is 6.11 Å². The highest BCUT2D eigenvalue weighted by Gasteiger charge is 2.11. The van der Waals surface area contributed by atoms with Gasteiger partial charge in [0, 0.05) is 0 Å². The van der Waals surface area contributed by atoms with E-state index >= 15 is 0 Å². The fourth-order valence-corrected chi connectivity index (χ4v) is 0.364. The van der Waals surface area contributed by atoms with Crippen LogP contribution in [0.2, 0.25) is 0 Å². The van der Waals surface area contributed by atoms with Gasteiger partial charge in [-0.15, -0.1) is 0 Å². The van der Waals surface area contributed by atoms with Gasteiger partial charge in [-0.25, -0.2) is 0 Å². The molecular formula is C3H5O4P.